The maximum Gasteiger partial charge on any atom is 0.238 e. The molecule has 0 radical (unpaired) electrons. The van der Waals surface area contributed by atoms with Crippen LogP contribution in [-0.4, -0.2) is 28.4 Å². The van der Waals surface area contributed by atoms with Gasteiger partial charge in [0.1, 0.15) is 11.6 Å². The Bertz CT molecular complexity index is 1380. The van der Waals surface area contributed by atoms with E-state index in [0.717, 1.165) is 17.0 Å². The number of rotatable bonds is 7. The normalized spacial score (nSPS) is 11.4. The second-order valence-electron chi connectivity index (χ2n) is 7.52. The van der Waals surface area contributed by atoms with E-state index in [-0.39, 0.29) is 11.4 Å². The monoisotopic (exact) mass is 467 g/mol. The average molecular weight is 468 g/mol. The molecular weight excluding hydrogens is 445 g/mol. The van der Waals surface area contributed by atoms with Gasteiger partial charge in [-0.05, 0) is 62.7 Å². The molecule has 0 unspecified atom stereocenters. The summed E-state index contributed by atoms with van der Waals surface area (Å²) in [5.41, 5.74) is 3.45. The standard InChI is InChI=1S/C23H22FN5O3S/c1-15-16(2)27-29(17(15)3)22-12-13-23(26-25-22)32-20-10-8-19(9-11-20)28-33(30,31)14-18-6-4-5-7-21(18)24/h4-13,28H,14H2,1-3H3. The van der Waals surface area contributed by atoms with Crippen molar-refractivity contribution in [3.63, 3.8) is 0 Å². The number of ether oxygens (including phenoxy) is 1. The van der Waals surface area contributed by atoms with Crippen molar-refractivity contribution < 1.29 is 17.5 Å². The first kappa shape index (κ1) is 22.4. The molecule has 0 aliphatic heterocycles. The van der Waals surface area contributed by atoms with Gasteiger partial charge in [0.25, 0.3) is 0 Å². The highest BCUT2D eigenvalue weighted by atomic mass is 32.2. The third kappa shape index (κ3) is 5.17. The van der Waals surface area contributed by atoms with Crippen LogP contribution in [0.3, 0.4) is 0 Å². The van der Waals surface area contributed by atoms with Gasteiger partial charge < -0.3 is 4.74 Å². The Labute approximate surface area is 191 Å². The second-order valence-corrected chi connectivity index (χ2v) is 9.24. The smallest absolute Gasteiger partial charge is 0.238 e. The Hall–Kier alpha value is -3.79. The first-order chi connectivity index (χ1) is 15.7. The topological polar surface area (TPSA) is 99.0 Å². The quantitative estimate of drug-likeness (QED) is 0.431. The SMILES string of the molecule is Cc1nn(-c2ccc(Oc3ccc(NS(=O)(=O)Cc4ccccc4F)cc3)nn2)c(C)c1C. The van der Waals surface area contributed by atoms with Crippen molar-refractivity contribution in [1.82, 2.24) is 20.0 Å². The molecule has 0 saturated carbocycles. The van der Waals surface area contributed by atoms with Crippen molar-refractivity contribution in [2.45, 2.75) is 26.5 Å². The molecule has 4 aromatic rings. The summed E-state index contributed by atoms with van der Waals surface area (Å²) in [7, 11) is -3.78. The third-order valence-electron chi connectivity index (χ3n) is 5.15. The molecule has 2 heterocycles. The van der Waals surface area contributed by atoms with Crippen LogP contribution in [0.15, 0.2) is 60.7 Å². The molecule has 0 saturated heterocycles. The van der Waals surface area contributed by atoms with Gasteiger partial charge in [0.2, 0.25) is 15.9 Å². The van der Waals surface area contributed by atoms with E-state index < -0.39 is 21.6 Å². The van der Waals surface area contributed by atoms with E-state index in [0.29, 0.717) is 17.3 Å². The first-order valence-electron chi connectivity index (χ1n) is 10.1. The number of aryl methyl sites for hydroxylation is 1. The molecular formula is C23H22FN5O3S. The fraction of sp³-hybridized carbons (Fsp3) is 0.174. The van der Waals surface area contributed by atoms with Gasteiger partial charge in [-0.3, -0.25) is 4.72 Å². The van der Waals surface area contributed by atoms with Gasteiger partial charge in [-0.1, -0.05) is 18.2 Å². The first-order valence-corrected chi connectivity index (χ1v) is 11.8. The zero-order valence-corrected chi connectivity index (χ0v) is 19.1. The maximum atomic E-state index is 13.8. The minimum absolute atomic E-state index is 0.0996. The summed E-state index contributed by atoms with van der Waals surface area (Å²) >= 11 is 0. The van der Waals surface area contributed by atoms with Crippen LogP contribution >= 0.6 is 0 Å². The van der Waals surface area contributed by atoms with Crippen molar-refractivity contribution in [1.29, 1.82) is 0 Å². The van der Waals surface area contributed by atoms with Crippen LogP contribution in [0, 0.1) is 26.6 Å². The molecule has 170 valence electrons. The molecule has 0 bridgehead atoms. The van der Waals surface area contributed by atoms with E-state index in [1.165, 1.54) is 18.2 Å². The molecule has 33 heavy (non-hydrogen) atoms. The predicted molar refractivity (Wildman–Crippen MR) is 123 cm³/mol. The number of anilines is 1. The lowest BCUT2D eigenvalue weighted by atomic mass is 10.2. The van der Waals surface area contributed by atoms with Gasteiger partial charge in [0, 0.05) is 23.0 Å². The van der Waals surface area contributed by atoms with E-state index in [4.69, 9.17) is 4.74 Å². The van der Waals surface area contributed by atoms with E-state index >= 15 is 0 Å². The molecule has 0 atom stereocenters. The number of nitrogens with one attached hydrogen (secondary N) is 1. The molecule has 1 N–H and O–H groups in total. The number of nitrogens with zero attached hydrogens (tertiary/aromatic N) is 4. The number of halogens is 1. The number of hydrogen-bond acceptors (Lipinski definition) is 6. The molecule has 2 aromatic carbocycles. The van der Waals surface area contributed by atoms with Gasteiger partial charge in [-0.25, -0.2) is 17.5 Å². The van der Waals surface area contributed by atoms with Crippen LogP contribution in [-0.2, 0) is 15.8 Å². The van der Waals surface area contributed by atoms with Crippen LogP contribution in [0.1, 0.15) is 22.5 Å². The molecule has 0 aliphatic carbocycles. The summed E-state index contributed by atoms with van der Waals surface area (Å²) in [4.78, 5) is 0. The van der Waals surface area contributed by atoms with Crippen LogP contribution in [0.2, 0.25) is 0 Å². The van der Waals surface area contributed by atoms with Crippen molar-refractivity contribution in [2.24, 2.45) is 0 Å². The van der Waals surface area contributed by atoms with Crippen molar-refractivity contribution in [2.75, 3.05) is 4.72 Å². The predicted octanol–water partition coefficient (Wildman–Crippen LogP) is 4.46. The van der Waals surface area contributed by atoms with Crippen LogP contribution in [0.5, 0.6) is 11.6 Å². The Kier molecular flexibility index (Phi) is 6.10. The molecule has 4 rings (SSSR count). The highest BCUT2D eigenvalue weighted by Gasteiger charge is 2.15. The minimum atomic E-state index is -3.78. The maximum absolute atomic E-state index is 13.8. The number of sulfonamides is 1. The average Bonchev–Trinajstić information content (AvgIpc) is 3.04. The summed E-state index contributed by atoms with van der Waals surface area (Å²) < 4.78 is 48.3. The minimum Gasteiger partial charge on any atom is -0.438 e. The molecule has 0 fully saturated rings. The van der Waals surface area contributed by atoms with Crippen molar-refractivity contribution in [3.8, 4) is 17.4 Å². The van der Waals surface area contributed by atoms with Gasteiger partial charge >= 0.3 is 0 Å². The summed E-state index contributed by atoms with van der Waals surface area (Å²) in [6.45, 7) is 5.91. The van der Waals surface area contributed by atoms with Crippen molar-refractivity contribution in [3.05, 3.63) is 89.0 Å². The highest BCUT2D eigenvalue weighted by Crippen LogP contribution is 2.23. The number of benzene rings is 2. The molecule has 0 amide bonds. The Morgan fingerprint density at radius 3 is 2.30 bits per heavy atom. The van der Waals surface area contributed by atoms with Gasteiger partial charge in [-0.2, -0.15) is 5.10 Å². The number of hydrogen-bond donors (Lipinski definition) is 1. The molecule has 8 nitrogen and oxygen atoms in total. The fourth-order valence-electron chi connectivity index (χ4n) is 3.17. The van der Waals surface area contributed by atoms with Gasteiger partial charge in [-0.15, -0.1) is 10.2 Å². The van der Waals surface area contributed by atoms with Crippen LogP contribution in [0.25, 0.3) is 5.82 Å². The van der Waals surface area contributed by atoms with E-state index in [9.17, 15) is 12.8 Å². The lowest BCUT2D eigenvalue weighted by Crippen LogP contribution is -2.15. The van der Waals surface area contributed by atoms with E-state index in [1.54, 1.807) is 47.1 Å². The summed E-state index contributed by atoms with van der Waals surface area (Å²) in [6, 6.07) is 15.5. The number of aromatic nitrogens is 4. The van der Waals surface area contributed by atoms with Crippen molar-refractivity contribution >= 4 is 15.7 Å². The molecule has 10 heteroatoms. The zero-order valence-electron chi connectivity index (χ0n) is 18.3. The Morgan fingerprint density at radius 2 is 1.70 bits per heavy atom. The lowest BCUT2D eigenvalue weighted by molar-refractivity contribution is 0.454. The molecule has 0 aliphatic rings. The highest BCUT2D eigenvalue weighted by molar-refractivity contribution is 7.91. The fourth-order valence-corrected chi connectivity index (χ4v) is 4.38. The summed E-state index contributed by atoms with van der Waals surface area (Å²) in [5.74, 6) is 0.289. The van der Waals surface area contributed by atoms with Crippen LogP contribution in [0.4, 0.5) is 10.1 Å². The Morgan fingerprint density at radius 1 is 0.970 bits per heavy atom. The second kappa shape index (κ2) is 8.99. The van der Waals surface area contributed by atoms with E-state index in [1.807, 2.05) is 20.8 Å². The Balaban J connectivity index is 1.41. The van der Waals surface area contributed by atoms with Crippen LogP contribution < -0.4 is 9.46 Å². The summed E-state index contributed by atoms with van der Waals surface area (Å²) in [6.07, 6.45) is 0. The third-order valence-corrected chi connectivity index (χ3v) is 6.39. The molecule has 2 aromatic heterocycles. The zero-order chi connectivity index (χ0) is 23.6. The largest absolute Gasteiger partial charge is 0.438 e. The van der Waals surface area contributed by atoms with Gasteiger partial charge in [0.15, 0.2) is 5.82 Å². The summed E-state index contributed by atoms with van der Waals surface area (Å²) in [5, 5.41) is 12.7. The van der Waals surface area contributed by atoms with E-state index in [2.05, 4.69) is 20.0 Å². The van der Waals surface area contributed by atoms with Gasteiger partial charge in [0.05, 0.1) is 11.4 Å². The molecule has 0 spiro atoms. The lowest BCUT2D eigenvalue weighted by Gasteiger charge is -2.10.